The second-order valence-corrected chi connectivity index (χ2v) is 7.04. The van der Waals surface area contributed by atoms with E-state index >= 15 is 0 Å². The molecule has 1 unspecified atom stereocenters. The van der Waals surface area contributed by atoms with E-state index in [1.54, 1.807) is 12.1 Å². The summed E-state index contributed by atoms with van der Waals surface area (Å²) in [5, 5.41) is 11.3. The normalized spacial score (nSPS) is 21.1. The zero-order valence-electron chi connectivity index (χ0n) is 11.1. The van der Waals surface area contributed by atoms with E-state index in [-0.39, 0.29) is 6.54 Å². The molecule has 20 heavy (non-hydrogen) atoms. The Kier molecular flexibility index (Phi) is 3.50. The summed E-state index contributed by atoms with van der Waals surface area (Å²) in [5.74, 6) is 0. The average Bonchev–Trinajstić information content (AvgIpc) is 2.46. The van der Waals surface area contributed by atoms with Crippen LogP contribution in [0.25, 0.3) is 10.8 Å². The third-order valence-electron chi connectivity index (χ3n) is 3.73. The summed E-state index contributed by atoms with van der Waals surface area (Å²) in [6.07, 6.45) is 0.806. The molecule has 1 atom stereocenters. The lowest BCUT2D eigenvalue weighted by molar-refractivity contribution is 0.108. The quantitative estimate of drug-likeness (QED) is 0.920. The zero-order chi connectivity index (χ0) is 14.2. The van der Waals surface area contributed by atoms with Gasteiger partial charge in [-0.05, 0) is 24.3 Å². The van der Waals surface area contributed by atoms with Crippen molar-refractivity contribution >= 4 is 20.8 Å². The molecule has 0 saturated carbocycles. The monoisotopic (exact) mass is 291 g/mol. The third kappa shape index (κ3) is 2.32. The van der Waals surface area contributed by atoms with E-state index in [4.69, 9.17) is 0 Å². The second kappa shape index (κ2) is 5.16. The average molecular weight is 291 g/mol. The molecule has 0 radical (unpaired) electrons. The van der Waals surface area contributed by atoms with Gasteiger partial charge in [-0.3, -0.25) is 0 Å². The van der Waals surface area contributed by atoms with Gasteiger partial charge < -0.3 is 5.11 Å². The third-order valence-corrected chi connectivity index (χ3v) is 5.65. The highest BCUT2D eigenvalue weighted by molar-refractivity contribution is 7.89. The first-order valence-electron chi connectivity index (χ1n) is 6.75. The molecule has 1 saturated heterocycles. The van der Waals surface area contributed by atoms with Gasteiger partial charge in [0, 0.05) is 18.5 Å². The lowest BCUT2D eigenvalue weighted by Gasteiger charge is -2.29. The predicted molar refractivity (Wildman–Crippen MR) is 77.9 cm³/mol. The fourth-order valence-corrected chi connectivity index (χ4v) is 4.43. The highest BCUT2D eigenvalue weighted by atomic mass is 32.2. The van der Waals surface area contributed by atoms with Crippen LogP contribution < -0.4 is 0 Å². The van der Waals surface area contributed by atoms with Crippen LogP contribution >= 0.6 is 0 Å². The van der Waals surface area contributed by atoms with Crippen molar-refractivity contribution < 1.29 is 13.5 Å². The van der Waals surface area contributed by atoms with Crippen molar-refractivity contribution in [2.75, 3.05) is 13.1 Å². The molecule has 106 valence electrons. The van der Waals surface area contributed by atoms with Crippen molar-refractivity contribution in [2.24, 2.45) is 0 Å². The number of benzene rings is 2. The first kappa shape index (κ1) is 13.5. The van der Waals surface area contributed by atoms with Gasteiger partial charge in [0.1, 0.15) is 0 Å². The number of aliphatic hydroxyl groups excluding tert-OH is 1. The minimum absolute atomic E-state index is 0.186. The van der Waals surface area contributed by atoms with Gasteiger partial charge in [0.05, 0.1) is 11.0 Å². The largest absolute Gasteiger partial charge is 0.392 e. The van der Waals surface area contributed by atoms with E-state index in [1.807, 2.05) is 30.3 Å². The topological polar surface area (TPSA) is 57.6 Å². The predicted octanol–water partition coefficient (Wildman–Crippen LogP) is 1.99. The number of hydrogen-bond donors (Lipinski definition) is 1. The minimum Gasteiger partial charge on any atom is -0.392 e. The van der Waals surface area contributed by atoms with E-state index in [1.165, 1.54) is 4.31 Å². The number of aliphatic hydroxyl groups is 1. The number of rotatable bonds is 2. The van der Waals surface area contributed by atoms with Crippen LogP contribution in [-0.2, 0) is 10.0 Å². The van der Waals surface area contributed by atoms with Crippen molar-refractivity contribution in [1.29, 1.82) is 0 Å². The zero-order valence-corrected chi connectivity index (χ0v) is 11.9. The Morgan fingerprint density at radius 2 is 1.85 bits per heavy atom. The lowest BCUT2D eigenvalue weighted by atomic mass is 10.1. The van der Waals surface area contributed by atoms with Crippen LogP contribution in [-0.4, -0.2) is 37.0 Å². The van der Waals surface area contributed by atoms with Crippen LogP contribution in [0.4, 0.5) is 0 Å². The molecular formula is C15H17NO3S. The van der Waals surface area contributed by atoms with Gasteiger partial charge in [-0.25, -0.2) is 8.42 Å². The number of nitrogens with zero attached hydrogens (tertiary/aromatic N) is 1. The molecular weight excluding hydrogens is 274 g/mol. The molecule has 1 aliphatic heterocycles. The number of hydrogen-bond acceptors (Lipinski definition) is 3. The Labute approximate surface area is 118 Å². The molecule has 0 aromatic heterocycles. The lowest BCUT2D eigenvalue weighted by Crippen LogP contribution is -2.42. The summed E-state index contributed by atoms with van der Waals surface area (Å²) in [6.45, 7) is 0.661. The molecule has 0 spiro atoms. The smallest absolute Gasteiger partial charge is 0.243 e. The highest BCUT2D eigenvalue weighted by Crippen LogP contribution is 2.27. The van der Waals surface area contributed by atoms with Crippen molar-refractivity contribution in [3.05, 3.63) is 42.5 Å². The fraction of sp³-hybridized carbons (Fsp3) is 0.333. The summed E-state index contributed by atoms with van der Waals surface area (Å²) in [4.78, 5) is 0.324. The molecule has 2 aromatic rings. The van der Waals surface area contributed by atoms with Crippen LogP contribution in [0.15, 0.2) is 47.4 Å². The molecule has 2 aromatic carbocycles. The molecule has 1 N–H and O–H groups in total. The Balaban J connectivity index is 2.09. The van der Waals surface area contributed by atoms with Crippen LogP contribution in [0, 0.1) is 0 Å². The van der Waals surface area contributed by atoms with E-state index < -0.39 is 16.1 Å². The van der Waals surface area contributed by atoms with Crippen LogP contribution in [0.1, 0.15) is 12.8 Å². The van der Waals surface area contributed by atoms with Crippen LogP contribution in [0.2, 0.25) is 0 Å². The van der Waals surface area contributed by atoms with Gasteiger partial charge in [0.2, 0.25) is 10.0 Å². The Hall–Kier alpha value is -1.43. The number of sulfonamides is 1. The maximum Gasteiger partial charge on any atom is 0.243 e. The van der Waals surface area contributed by atoms with Crippen LogP contribution in [0.5, 0.6) is 0 Å². The van der Waals surface area contributed by atoms with Gasteiger partial charge in [-0.2, -0.15) is 4.31 Å². The summed E-state index contributed by atoms with van der Waals surface area (Å²) < 4.78 is 26.9. The summed E-state index contributed by atoms with van der Waals surface area (Å²) >= 11 is 0. The summed E-state index contributed by atoms with van der Waals surface area (Å²) in [7, 11) is -3.55. The first-order chi connectivity index (χ1) is 9.59. The maximum absolute atomic E-state index is 12.8. The molecule has 1 aliphatic rings. The second-order valence-electron chi connectivity index (χ2n) is 5.14. The summed E-state index contributed by atoms with van der Waals surface area (Å²) in [5.41, 5.74) is 0. The molecule has 0 amide bonds. The van der Waals surface area contributed by atoms with Crippen molar-refractivity contribution in [3.8, 4) is 0 Å². The molecule has 0 aliphatic carbocycles. The van der Waals surface area contributed by atoms with Crippen LogP contribution in [0.3, 0.4) is 0 Å². The van der Waals surface area contributed by atoms with Gasteiger partial charge in [-0.15, -0.1) is 0 Å². The molecule has 4 nitrogen and oxygen atoms in total. The Morgan fingerprint density at radius 3 is 2.65 bits per heavy atom. The first-order valence-corrected chi connectivity index (χ1v) is 8.19. The molecule has 0 bridgehead atoms. The number of β-amino-alcohol motifs (C(OH)–C–C–N with tert-alkyl or cyclic N) is 1. The van der Waals surface area contributed by atoms with Gasteiger partial charge in [-0.1, -0.05) is 36.4 Å². The SMILES string of the molecule is O=S(=O)(c1cccc2ccccc12)N1CCCC(O)C1. The van der Waals surface area contributed by atoms with Gasteiger partial charge in [0.15, 0.2) is 0 Å². The highest BCUT2D eigenvalue weighted by Gasteiger charge is 2.30. The molecule has 1 heterocycles. The molecule has 1 fully saturated rings. The standard InChI is InChI=1S/C15H17NO3S/c17-13-7-4-10-16(11-13)20(18,19)15-9-3-6-12-5-1-2-8-14(12)15/h1-3,5-6,8-9,13,17H,4,7,10-11H2. The minimum atomic E-state index is -3.55. The van der Waals surface area contributed by atoms with E-state index in [9.17, 15) is 13.5 Å². The Bertz CT molecular complexity index is 721. The Morgan fingerprint density at radius 1 is 1.10 bits per heavy atom. The number of fused-ring (bicyclic) bond motifs is 1. The van der Waals surface area contributed by atoms with Crippen molar-refractivity contribution in [3.63, 3.8) is 0 Å². The fourth-order valence-electron chi connectivity index (χ4n) is 2.70. The van der Waals surface area contributed by atoms with E-state index in [0.717, 1.165) is 10.8 Å². The van der Waals surface area contributed by atoms with Gasteiger partial charge in [0.25, 0.3) is 0 Å². The van der Waals surface area contributed by atoms with E-state index in [2.05, 4.69) is 0 Å². The number of piperidine rings is 1. The van der Waals surface area contributed by atoms with Gasteiger partial charge >= 0.3 is 0 Å². The maximum atomic E-state index is 12.8. The van der Waals surface area contributed by atoms with Crippen molar-refractivity contribution in [1.82, 2.24) is 4.31 Å². The van der Waals surface area contributed by atoms with E-state index in [0.29, 0.717) is 24.3 Å². The van der Waals surface area contributed by atoms with Crippen molar-refractivity contribution in [2.45, 2.75) is 23.8 Å². The molecule has 5 heteroatoms. The summed E-state index contributed by atoms with van der Waals surface area (Å²) in [6, 6.07) is 12.8. The molecule has 3 rings (SSSR count).